The van der Waals surface area contributed by atoms with E-state index in [1.165, 1.54) is 11.3 Å². The fraction of sp³-hybridized carbons (Fsp3) is 0.350. The highest BCUT2D eigenvalue weighted by atomic mass is 32.1. The molecule has 0 radical (unpaired) electrons. The molecule has 4 rings (SSSR count). The van der Waals surface area contributed by atoms with Crippen molar-refractivity contribution >= 4 is 29.0 Å². The van der Waals surface area contributed by atoms with Crippen molar-refractivity contribution < 1.29 is 19.5 Å². The van der Waals surface area contributed by atoms with E-state index in [-0.39, 0.29) is 24.2 Å². The lowest BCUT2D eigenvalue weighted by atomic mass is 9.92. The number of nitrogens with zero attached hydrogens (tertiary/aromatic N) is 1. The first-order valence-corrected chi connectivity index (χ1v) is 9.63. The van der Waals surface area contributed by atoms with Gasteiger partial charge < -0.3 is 10.0 Å². The number of ketones is 1. The van der Waals surface area contributed by atoms with Crippen LogP contribution in [-0.2, 0) is 4.79 Å². The normalized spacial score (nSPS) is 22.4. The summed E-state index contributed by atoms with van der Waals surface area (Å²) in [4.78, 5) is 39.6. The van der Waals surface area contributed by atoms with Crippen molar-refractivity contribution in [1.29, 1.82) is 0 Å². The summed E-state index contributed by atoms with van der Waals surface area (Å²) in [7, 11) is 0. The van der Waals surface area contributed by atoms with Crippen LogP contribution in [0.2, 0.25) is 0 Å². The molecule has 2 atom stereocenters. The molecule has 1 aliphatic heterocycles. The minimum absolute atomic E-state index is 0.0246. The summed E-state index contributed by atoms with van der Waals surface area (Å²) >= 11 is 1.34. The zero-order chi connectivity index (χ0) is 18.3. The predicted molar refractivity (Wildman–Crippen MR) is 97.4 cm³/mol. The molecule has 0 unspecified atom stereocenters. The van der Waals surface area contributed by atoms with Gasteiger partial charge in [-0.05, 0) is 42.2 Å². The average Bonchev–Trinajstić information content (AvgIpc) is 3.17. The molecule has 1 saturated heterocycles. The molecule has 26 heavy (non-hydrogen) atoms. The van der Waals surface area contributed by atoms with Gasteiger partial charge in [0.2, 0.25) is 5.78 Å². The SMILES string of the molecule is O=C(c1cccs1)c1ccccc1C(=O)N1C[C@H](C(=O)O)[C@@H](C2CC2)C1. The van der Waals surface area contributed by atoms with E-state index >= 15 is 0 Å². The van der Waals surface area contributed by atoms with Crippen LogP contribution in [0.25, 0.3) is 0 Å². The van der Waals surface area contributed by atoms with Gasteiger partial charge in [0.25, 0.3) is 5.91 Å². The highest BCUT2D eigenvalue weighted by Gasteiger charge is 2.47. The van der Waals surface area contributed by atoms with Gasteiger partial charge >= 0.3 is 5.97 Å². The van der Waals surface area contributed by atoms with Crippen LogP contribution in [0.15, 0.2) is 41.8 Å². The molecule has 1 aromatic carbocycles. The Labute approximate surface area is 155 Å². The summed E-state index contributed by atoms with van der Waals surface area (Å²) < 4.78 is 0. The minimum atomic E-state index is -0.833. The number of rotatable bonds is 5. The van der Waals surface area contributed by atoms with Gasteiger partial charge in [0, 0.05) is 18.7 Å². The van der Waals surface area contributed by atoms with Crippen LogP contribution in [0, 0.1) is 17.8 Å². The number of carbonyl (C=O) groups is 3. The number of carboxylic acids is 1. The maximum atomic E-state index is 13.1. The van der Waals surface area contributed by atoms with Crippen LogP contribution >= 0.6 is 11.3 Å². The Hall–Kier alpha value is -2.47. The second-order valence-corrected chi connectivity index (χ2v) is 7.96. The number of thiophene rings is 1. The standard InChI is InChI=1S/C20H19NO4S/c22-18(17-6-3-9-26-17)13-4-1-2-5-14(13)19(23)21-10-15(12-7-8-12)16(11-21)20(24)25/h1-6,9,12,15-16H,7-8,10-11H2,(H,24,25)/t15-,16+/m1/s1. The number of aliphatic carboxylic acids is 1. The number of hydrogen-bond donors (Lipinski definition) is 1. The average molecular weight is 369 g/mol. The van der Waals surface area contributed by atoms with E-state index in [2.05, 4.69) is 0 Å². The lowest BCUT2D eigenvalue weighted by molar-refractivity contribution is -0.142. The molecule has 1 saturated carbocycles. The topological polar surface area (TPSA) is 74.7 Å². The largest absolute Gasteiger partial charge is 0.481 e. The molecule has 6 heteroatoms. The highest BCUT2D eigenvalue weighted by Crippen LogP contribution is 2.44. The Kier molecular flexibility index (Phi) is 4.36. The van der Waals surface area contributed by atoms with E-state index in [4.69, 9.17) is 0 Å². The minimum Gasteiger partial charge on any atom is -0.481 e. The van der Waals surface area contributed by atoms with Gasteiger partial charge in [0.05, 0.1) is 16.4 Å². The molecule has 1 aliphatic carbocycles. The van der Waals surface area contributed by atoms with Gasteiger partial charge in [-0.3, -0.25) is 14.4 Å². The summed E-state index contributed by atoms with van der Waals surface area (Å²) in [6.07, 6.45) is 2.09. The molecule has 1 N–H and O–H groups in total. The molecule has 2 fully saturated rings. The van der Waals surface area contributed by atoms with Crippen LogP contribution in [-0.4, -0.2) is 40.8 Å². The third-order valence-corrected chi connectivity index (χ3v) is 6.21. The Morgan fingerprint density at radius 3 is 2.35 bits per heavy atom. The van der Waals surface area contributed by atoms with E-state index in [9.17, 15) is 19.5 Å². The summed E-state index contributed by atoms with van der Waals surface area (Å²) in [5.41, 5.74) is 0.730. The Bertz CT molecular complexity index is 856. The van der Waals surface area contributed by atoms with Crippen molar-refractivity contribution in [3.63, 3.8) is 0 Å². The molecule has 2 heterocycles. The van der Waals surface area contributed by atoms with E-state index < -0.39 is 11.9 Å². The number of amides is 1. The number of carboxylic acid groups (broad SMARTS) is 1. The smallest absolute Gasteiger partial charge is 0.308 e. The number of likely N-dealkylation sites (tertiary alicyclic amines) is 1. The van der Waals surface area contributed by atoms with Crippen molar-refractivity contribution in [3.8, 4) is 0 Å². The molecule has 5 nitrogen and oxygen atoms in total. The third kappa shape index (κ3) is 3.05. The molecule has 2 aromatic rings. The monoisotopic (exact) mass is 369 g/mol. The van der Waals surface area contributed by atoms with Crippen molar-refractivity contribution in [2.45, 2.75) is 12.8 Å². The van der Waals surface area contributed by atoms with Gasteiger partial charge in [-0.2, -0.15) is 0 Å². The van der Waals surface area contributed by atoms with Crippen LogP contribution in [0.3, 0.4) is 0 Å². The third-order valence-electron chi connectivity index (χ3n) is 5.34. The Morgan fingerprint density at radius 2 is 1.73 bits per heavy atom. The van der Waals surface area contributed by atoms with Crippen molar-refractivity contribution in [2.75, 3.05) is 13.1 Å². The molecule has 1 amide bonds. The van der Waals surface area contributed by atoms with E-state index in [1.807, 2.05) is 5.38 Å². The molecule has 0 spiro atoms. The summed E-state index contributed by atoms with van der Waals surface area (Å²) in [5, 5.41) is 11.3. The van der Waals surface area contributed by atoms with Gasteiger partial charge in [0.1, 0.15) is 0 Å². The highest BCUT2D eigenvalue weighted by molar-refractivity contribution is 7.12. The first-order valence-electron chi connectivity index (χ1n) is 8.75. The first kappa shape index (κ1) is 17.0. The molecule has 1 aromatic heterocycles. The van der Waals surface area contributed by atoms with Gasteiger partial charge in [0.15, 0.2) is 0 Å². The van der Waals surface area contributed by atoms with E-state index in [0.717, 1.165) is 12.8 Å². The number of benzene rings is 1. The Morgan fingerprint density at radius 1 is 1.00 bits per heavy atom. The lowest BCUT2D eigenvalue weighted by Gasteiger charge is -2.18. The molecular formula is C20H19NO4S. The van der Waals surface area contributed by atoms with Gasteiger partial charge in [-0.1, -0.05) is 24.3 Å². The zero-order valence-corrected chi connectivity index (χ0v) is 14.9. The van der Waals surface area contributed by atoms with Gasteiger partial charge in [-0.25, -0.2) is 0 Å². The lowest BCUT2D eigenvalue weighted by Crippen LogP contribution is -2.31. The van der Waals surface area contributed by atoms with E-state index in [0.29, 0.717) is 28.5 Å². The maximum Gasteiger partial charge on any atom is 0.308 e. The van der Waals surface area contributed by atoms with Crippen LogP contribution in [0.1, 0.15) is 38.4 Å². The van der Waals surface area contributed by atoms with Crippen LogP contribution in [0.4, 0.5) is 0 Å². The van der Waals surface area contributed by atoms with Crippen molar-refractivity contribution in [1.82, 2.24) is 4.90 Å². The fourth-order valence-corrected chi connectivity index (χ4v) is 4.51. The molecule has 134 valence electrons. The maximum absolute atomic E-state index is 13.1. The van der Waals surface area contributed by atoms with Crippen LogP contribution < -0.4 is 0 Å². The predicted octanol–water partition coefficient (Wildman–Crippen LogP) is 3.16. The van der Waals surface area contributed by atoms with Gasteiger partial charge in [-0.15, -0.1) is 11.3 Å². The van der Waals surface area contributed by atoms with Crippen LogP contribution in [0.5, 0.6) is 0 Å². The van der Waals surface area contributed by atoms with E-state index in [1.54, 1.807) is 41.3 Å². The molecular weight excluding hydrogens is 350 g/mol. The second kappa shape index (κ2) is 6.68. The second-order valence-electron chi connectivity index (χ2n) is 7.01. The van der Waals surface area contributed by atoms with Crippen molar-refractivity contribution in [2.24, 2.45) is 17.8 Å². The summed E-state index contributed by atoms with van der Waals surface area (Å²) in [5.74, 6) is -1.32. The first-order chi connectivity index (χ1) is 12.6. The summed E-state index contributed by atoms with van der Waals surface area (Å²) in [6.45, 7) is 0.679. The quantitative estimate of drug-likeness (QED) is 0.822. The summed E-state index contributed by atoms with van der Waals surface area (Å²) in [6, 6.07) is 10.4. The molecule has 2 aliphatic rings. The number of carbonyl (C=O) groups excluding carboxylic acids is 2. The van der Waals surface area contributed by atoms with Crippen molar-refractivity contribution in [3.05, 3.63) is 57.8 Å². The fourth-order valence-electron chi connectivity index (χ4n) is 3.84. The Balaban J connectivity index is 1.61. The number of hydrogen-bond acceptors (Lipinski definition) is 4. The zero-order valence-electron chi connectivity index (χ0n) is 14.1. The molecule has 0 bridgehead atoms.